The lowest BCUT2D eigenvalue weighted by Gasteiger charge is -2.52. The second kappa shape index (κ2) is 25.8. The zero-order valence-corrected chi connectivity index (χ0v) is 47.4. The summed E-state index contributed by atoms with van der Waals surface area (Å²) in [6.07, 6.45) is 34.9. The summed E-state index contributed by atoms with van der Waals surface area (Å²) in [5.41, 5.74) is 8.59. The van der Waals surface area contributed by atoms with Crippen molar-refractivity contribution < 1.29 is 9.36 Å². The van der Waals surface area contributed by atoms with E-state index in [1.165, 1.54) is 126 Å². The molecule has 3 heteroatoms. The number of Topliss-reactive ketones (excluding diaryl/α,β-unsaturated/α-hetero) is 1. The standard InChI is InChI=1S/C27H44.C23H27OP.C17H30O/c1-7-8-10-19(2)25-14-15-26-24(11-9-16-27(25,26)6)13-12-23-17-20(3)22(5)21(4)18-23;1-18-16-21(17-19(2)20(18)3)14-15-25(24,22-10-6-4-7-11-22)23-12-8-5-9-13-23;1-4-5-8-13(2)14-9-6-10-15-16(18)11-7-12-17(14,15)3/h12-13,19-21,25-26H,5,7-11,14-18H2,1-4,6H3;4-14,18-19H,3,15-17H2,1-2H3;13-15H,4-12H2,1-3H3/b24-13+;;/t19-,20+,21+,25?,26-,27+;18-,19-;13-,14?,15-,17+/m010/s1. The molecule has 2 aromatic rings. The third kappa shape index (κ3) is 13.4. The molecule has 6 fully saturated rings. The second-order valence-corrected chi connectivity index (χ2v) is 27.7. The van der Waals surface area contributed by atoms with E-state index in [0.29, 0.717) is 52.4 Å². The number of benzene rings is 2. The Hall–Kier alpha value is -2.96. The third-order valence-electron chi connectivity index (χ3n) is 19.9. The van der Waals surface area contributed by atoms with Crippen LogP contribution in [0.1, 0.15) is 204 Å². The molecule has 2 aromatic carbocycles. The number of unbranched alkanes of at least 4 members (excludes halogenated alkanes) is 2. The predicted octanol–water partition coefficient (Wildman–Crippen LogP) is 19.0. The largest absolute Gasteiger partial charge is 0.313 e. The van der Waals surface area contributed by atoms with Crippen LogP contribution in [0.4, 0.5) is 0 Å². The van der Waals surface area contributed by atoms with Crippen molar-refractivity contribution >= 4 is 23.5 Å². The smallest absolute Gasteiger partial charge is 0.146 e. The van der Waals surface area contributed by atoms with E-state index in [1.807, 2.05) is 60.7 Å². The average molecular weight is 970 g/mol. The maximum Gasteiger partial charge on any atom is 0.146 e. The molecule has 6 aliphatic rings. The van der Waals surface area contributed by atoms with Gasteiger partial charge in [0, 0.05) is 29.1 Å². The molecular formula is C67H101O2P. The molecule has 0 aliphatic heterocycles. The first-order valence-corrected chi connectivity index (χ1v) is 31.0. The molecule has 12 atom stereocenters. The molecular weight excluding hydrogens is 868 g/mol. The quantitative estimate of drug-likeness (QED) is 0.148. The fourth-order valence-corrected chi connectivity index (χ4v) is 18.0. The molecule has 0 heterocycles. The van der Waals surface area contributed by atoms with E-state index < -0.39 is 7.14 Å². The summed E-state index contributed by atoms with van der Waals surface area (Å²) in [7, 11) is -2.64. The maximum absolute atomic E-state index is 14.0. The van der Waals surface area contributed by atoms with E-state index in [0.717, 1.165) is 65.9 Å². The van der Waals surface area contributed by atoms with E-state index in [9.17, 15) is 9.36 Å². The Balaban J connectivity index is 0.000000176. The maximum atomic E-state index is 14.0. The summed E-state index contributed by atoms with van der Waals surface area (Å²) >= 11 is 0. The van der Waals surface area contributed by atoms with Crippen LogP contribution in [-0.2, 0) is 9.36 Å². The Labute approximate surface area is 431 Å². The lowest BCUT2D eigenvalue weighted by atomic mass is 9.52. The third-order valence-corrected chi connectivity index (χ3v) is 22.9. The summed E-state index contributed by atoms with van der Waals surface area (Å²) < 4.78 is 14.0. The lowest BCUT2D eigenvalue weighted by molar-refractivity contribution is -0.137. The van der Waals surface area contributed by atoms with Crippen molar-refractivity contribution in [2.45, 2.75) is 204 Å². The minimum atomic E-state index is -2.64. The van der Waals surface area contributed by atoms with Crippen molar-refractivity contribution in [1.82, 2.24) is 0 Å². The van der Waals surface area contributed by atoms with Crippen LogP contribution < -0.4 is 10.6 Å². The molecule has 0 bridgehead atoms. The molecule has 0 spiro atoms. The first-order chi connectivity index (χ1) is 33.5. The van der Waals surface area contributed by atoms with Crippen LogP contribution >= 0.6 is 7.14 Å². The summed E-state index contributed by atoms with van der Waals surface area (Å²) in [6.45, 7) is 32.4. The summed E-state index contributed by atoms with van der Waals surface area (Å²) in [5, 5.41) is 1.89. The number of hydrogen-bond donors (Lipinski definition) is 0. The molecule has 2 unspecified atom stereocenters. The highest BCUT2D eigenvalue weighted by atomic mass is 31.2. The van der Waals surface area contributed by atoms with Gasteiger partial charge in [0.05, 0.1) is 0 Å². The van der Waals surface area contributed by atoms with Crippen molar-refractivity contribution in [3.63, 3.8) is 0 Å². The fraction of sp³-hybridized carbons (Fsp3) is 0.657. The van der Waals surface area contributed by atoms with Crippen LogP contribution in [0.25, 0.3) is 0 Å². The second-order valence-electron chi connectivity index (χ2n) is 24.8. The summed E-state index contributed by atoms with van der Waals surface area (Å²) in [6, 6.07) is 19.9. The SMILES string of the molecule is C=C1[C@H](C)CC(=C/C=C2\CCC[C@]3(C)C([C@@H](C)CCCC)CC[C@@H]23)C[C@H]1C.C=C1[C@H](C)CC(=CCP(=O)(c2ccccc2)c2ccccc2)C[C@H]1C.CCCC[C@H](C)C1CCC[C@H]2C(=O)CCC[C@]12C. The monoisotopic (exact) mass is 969 g/mol. The Kier molecular flexibility index (Phi) is 20.8. The molecule has 386 valence electrons. The van der Waals surface area contributed by atoms with Gasteiger partial charge < -0.3 is 4.57 Å². The number of allylic oxidation sites excluding steroid dienone is 8. The van der Waals surface area contributed by atoms with Gasteiger partial charge in [-0.05, 0) is 148 Å². The van der Waals surface area contributed by atoms with Crippen molar-refractivity contribution in [3.05, 3.63) is 120 Å². The number of ketones is 1. The molecule has 2 nitrogen and oxygen atoms in total. The molecule has 70 heavy (non-hydrogen) atoms. The molecule has 6 saturated carbocycles. The van der Waals surface area contributed by atoms with Gasteiger partial charge in [-0.1, -0.05) is 234 Å². The normalized spacial score (nSPS) is 32.7. The van der Waals surface area contributed by atoms with Crippen molar-refractivity contribution in [3.8, 4) is 0 Å². The van der Waals surface area contributed by atoms with Crippen LogP contribution in [0.2, 0.25) is 0 Å². The number of carbonyl (C=O) groups excluding carboxylic acids is 1. The number of rotatable bonds is 13. The first-order valence-electron chi connectivity index (χ1n) is 29.1. The minimum Gasteiger partial charge on any atom is -0.313 e. The van der Waals surface area contributed by atoms with Crippen molar-refractivity contribution in [2.24, 2.45) is 70.0 Å². The highest BCUT2D eigenvalue weighted by molar-refractivity contribution is 7.78. The van der Waals surface area contributed by atoms with Gasteiger partial charge in [-0.25, -0.2) is 0 Å². The van der Waals surface area contributed by atoms with Crippen LogP contribution in [-0.4, -0.2) is 11.9 Å². The summed E-state index contributed by atoms with van der Waals surface area (Å²) in [5.74, 6) is 7.64. The molecule has 8 rings (SSSR count). The van der Waals surface area contributed by atoms with Crippen LogP contribution in [0.3, 0.4) is 0 Å². The summed E-state index contributed by atoms with van der Waals surface area (Å²) in [4.78, 5) is 12.2. The van der Waals surface area contributed by atoms with Crippen molar-refractivity contribution in [1.29, 1.82) is 0 Å². The molecule has 0 aromatic heterocycles. The van der Waals surface area contributed by atoms with Gasteiger partial charge in [-0.3, -0.25) is 4.79 Å². The highest BCUT2D eigenvalue weighted by Gasteiger charge is 2.51. The fourth-order valence-electron chi connectivity index (χ4n) is 15.5. The lowest BCUT2D eigenvalue weighted by Crippen LogP contribution is -2.47. The van der Waals surface area contributed by atoms with E-state index >= 15 is 0 Å². The van der Waals surface area contributed by atoms with Gasteiger partial charge in [0.2, 0.25) is 0 Å². The Morgan fingerprint density at radius 3 is 1.60 bits per heavy atom. The van der Waals surface area contributed by atoms with Crippen LogP contribution in [0.5, 0.6) is 0 Å². The van der Waals surface area contributed by atoms with E-state index in [-0.39, 0.29) is 0 Å². The zero-order chi connectivity index (χ0) is 50.6. The Morgan fingerprint density at radius 2 is 1.09 bits per heavy atom. The number of fused-ring (bicyclic) bond motifs is 2. The minimum absolute atomic E-state index is 0.334. The van der Waals surface area contributed by atoms with E-state index in [4.69, 9.17) is 0 Å². The van der Waals surface area contributed by atoms with Gasteiger partial charge in [0.25, 0.3) is 0 Å². The average Bonchev–Trinajstić information content (AvgIpc) is 3.72. The van der Waals surface area contributed by atoms with Crippen LogP contribution in [0, 0.1) is 70.0 Å². The number of carbonyl (C=O) groups is 1. The number of hydrogen-bond acceptors (Lipinski definition) is 2. The van der Waals surface area contributed by atoms with Gasteiger partial charge in [-0.15, -0.1) is 0 Å². The Bertz CT molecular complexity index is 2080. The van der Waals surface area contributed by atoms with Gasteiger partial charge in [0.1, 0.15) is 12.9 Å². The van der Waals surface area contributed by atoms with E-state index in [2.05, 4.69) is 101 Å². The van der Waals surface area contributed by atoms with Gasteiger partial charge >= 0.3 is 0 Å². The Morgan fingerprint density at radius 1 is 0.614 bits per heavy atom. The zero-order valence-electron chi connectivity index (χ0n) is 46.5. The molecule has 0 amide bonds. The molecule has 6 aliphatic carbocycles. The van der Waals surface area contributed by atoms with Crippen LogP contribution in [0.15, 0.2) is 120 Å². The van der Waals surface area contributed by atoms with Gasteiger partial charge in [0.15, 0.2) is 0 Å². The molecule has 0 radical (unpaired) electrons. The highest BCUT2D eigenvalue weighted by Crippen LogP contribution is 2.60. The van der Waals surface area contributed by atoms with Gasteiger partial charge in [-0.2, -0.15) is 0 Å². The topological polar surface area (TPSA) is 34.1 Å². The van der Waals surface area contributed by atoms with E-state index in [1.54, 1.807) is 11.1 Å². The molecule has 0 saturated heterocycles. The predicted molar refractivity (Wildman–Crippen MR) is 306 cm³/mol. The van der Waals surface area contributed by atoms with Crippen molar-refractivity contribution in [2.75, 3.05) is 6.16 Å². The molecule has 0 N–H and O–H groups in total. The first kappa shape index (κ1) is 56.3.